The van der Waals surface area contributed by atoms with Gasteiger partial charge in [-0.05, 0) is 30.5 Å². The fourth-order valence-corrected chi connectivity index (χ4v) is 2.24. The average molecular weight is 247 g/mol. The van der Waals surface area contributed by atoms with E-state index in [1.807, 2.05) is 0 Å². The number of halogens is 1. The summed E-state index contributed by atoms with van der Waals surface area (Å²) in [5.41, 5.74) is 0.967. The van der Waals surface area contributed by atoms with Crippen LogP contribution in [0.15, 0.2) is 24.3 Å². The standard InChI is InChI=1S/C13H14FN3O/c14-10-6-4-9(5-7-10)8-11-15-12-2-1-3-13(18)17(12)16-11/h4-7,13,18H,1-3,8H2. The minimum absolute atomic E-state index is 0.244. The number of hydrogen-bond donors (Lipinski definition) is 1. The van der Waals surface area contributed by atoms with E-state index in [2.05, 4.69) is 10.1 Å². The van der Waals surface area contributed by atoms with Crippen molar-refractivity contribution in [2.24, 2.45) is 0 Å². The van der Waals surface area contributed by atoms with Crippen LogP contribution < -0.4 is 0 Å². The molecule has 1 unspecified atom stereocenters. The van der Waals surface area contributed by atoms with Crippen LogP contribution in [0.4, 0.5) is 4.39 Å². The van der Waals surface area contributed by atoms with Crippen LogP contribution in [0.25, 0.3) is 0 Å². The average Bonchev–Trinajstić information content (AvgIpc) is 2.76. The van der Waals surface area contributed by atoms with Crippen molar-refractivity contribution in [3.63, 3.8) is 0 Å². The summed E-state index contributed by atoms with van der Waals surface area (Å²) < 4.78 is 14.4. The zero-order chi connectivity index (χ0) is 12.5. The number of aryl methyl sites for hydroxylation is 1. The summed E-state index contributed by atoms with van der Waals surface area (Å²) in [5, 5.41) is 14.1. The van der Waals surface area contributed by atoms with Crippen molar-refractivity contribution in [1.29, 1.82) is 0 Å². The Kier molecular flexibility index (Phi) is 2.83. The third-order valence-electron chi connectivity index (χ3n) is 3.17. The number of aliphatic hydroxyl groups is 1. The van der Waals surface area contributed by atoms with Crippen molar-refractivity contribution in [3.05, 3.63) is 47.3 Å². The highest BCUT2D eigenvalue weighted by Crippen LogP contribution is 2.21. The summed E-state index contributed by atoms with van der Waals surface area (Å²) in [6.45, 7) is 0. The maximum atomic E-state index is 12.8. The first-order chi connectivity index (χ1) is 8.72. The second-order valence-electron chi connectivity index (χ2n) is 4.56. The maximum absolute atomic E-state index is 12.8. The van der Waals surface area contributed by atoms with Gasteiger partial charge in [-0.25, -0.2) is 14.1 Å². The first-order valence-corrected chi connectivity index (χ1v) is 6.09. The van der Waals surface area contributed by atoms with Crippen LogP contribution in [0.2, 0.25) is 0 Å². The number of rotatable bonds is 2. The lowest BCUT2D eigenvalue weighted by Gasteiger charge is -2.17. The second-order valence-corrected chi connectivity index (χ2v) is 4.56. The highest BCUT2D eigenvalue weighted by Gasteiger charge is 2.20. The molecule has 1 atom stereocenters. The van der Waals surface area contributed by atoms with Gasteiger partial charge < -0.3 is 5.11 Å². The van der Waals surface area contributed by atoms with E-state index >= 15 is 0 Å². The maximum Gasteiger partial charge on any atom is 0.155 e. The normalized spacial score (nSPS) is 18.7. The third kappa shape index (κ3) is 2.13. The Morgan fingerprint density at radius 1 is 1.33 bits per heavy atom. The molecule has 1 aromatic heterocycles. The van der Waals surface area contributed by atoms with Crippen LogP contribution in [0.3, 0.4) is 0 Å². The highest BCUT2D eigenvalue weighted by molar-refractivity contribution is 5.20. The number of aliphatic hydroxyl groups excluding tert-OH is 1. The SMILES string of the molecule is OC1CCCc2nc(Cc3ccc(F)cc3)nn21. The fourth-order valence-electron chi connectivity index (χ4n) is 2.24. The number of fused-ring (bicyclic) bond motifs is 1. The first-order valence-electron chi connectivity index (χ1n) is 6.09. The Bertz CT molecular complexity index is 550. The quantitative estimate of drug-likeness (QED) is 0.881. The first kappa shape index (κ1) is 11.3. The lowest BCUT2D eigenvalue weighted by molar-refractivity contribution is 0.0644. The lowest BCUT2D eigenvalue weighted by atomic mass is 10.1. The van der Waals surface area contributed by atoms with E-state index in [1.54, 1.807) is 16.8 Å². The van der Waals surface area contributed by atoms with Crippen molar-refractivity contribution in [2.75, 3.05) is 0 Å². The summed E-state index contributed by atoms with van der Waals surface area (Å²) in [6, 6.07) is 6.32. The van der Waals surface area contributed by atoms with E-state index in [1.165, 1.54) is 12.1 Å². The van der Waals surface area contributed by atoms with Gasteiger partial charge in [0, 0.05) is 12.8 Å². The minimum Gasteiger partial charge on any atom is -0.372 e. The summed E-state index contributed by atoms with van der Waals surface area (Å²) in [5.74, 6) is 1.27. The van der Waals surface area contributed by atoms with E-state index < -0.39 is 6.23 Å². The summed E-state index contributed by atoms with van der Waals surface area (Å²) in [7, 11) is 0. The Balaban J connectivity index is 1.83. The minimum atomic E-state index is -0.553. The molecule has 0 fully saturated rings. The molecule has 3 rings (SSSR count). The Hall–Kier alpha value is -1.75. The second kappa shape index (κ2) is 4.49. The van der Waals surface area contributed by atoms with E-state index in [9.17, 15) is 9.50 Å². The van der Waals surface area contributed by atoms with E-state index in [-0.39, 0.29) is 5.82 Å². The molecule has 1 aliphatic heterocycles. The number of hydrogen-bond acceptors (Lipinski definition) is 3. The fraction of sp³-hybridized carbons (Fsp3) is 0.385. The topological polar surface area (TPSA) is 50.9 Å². The molecule has 1 N–H and O–H groups in total. The predicted molar refractivity (Wildman–Crippen MR) is 63.4 cm³/mol. The van der Waals surface area contributed by atoms with Crippen LogP contribution in [-0.2, 0) is 12.8 Å². The Morgan fingerprint density at radius 2 is 2.11 bits per heavy atom. The van der Waals surface area contributed by atoms with Crippen LogP contribution in [0.5, 0.6) is 0 Å². The molecule has 0 spiro atoms. The van der Waals surface area contributed by atoms with Gasteiger partial charge in [0.1, 0.15) is 17.9 Å². The van der Waals surface area contributed by atoms with Crippen LogP contribution >= 0.6 is 0 Å². The zero-order valence-electron chi connectivity index (χ0n) is 9.88. The molecule has 0 saturated carbocycles. The lowest BCUT2D eigenvalue weighted by Crippen LogP contribution is -2.18. The molecule has 1 aromatic carbocycles. The van der Waals surface area contributed by atoms with Gasteiger partial charge in [0.2, 0.25) is 0 Å². The zero-order valence-corrected chi connectivity index (χ0v) is 9.88. The van der Waals surface area contributed by atoms with Crippen molar-refractivity contribution in [1.82, 2.24) is 14.8 Å². The van der Waals surface area contributed by atoms with Gasteiger partial charge in [0.05, 0.1) is 0 Å². The summed E-state index contributed by atoms with van der Waals surface area (Å²) in [4.78, 5) is 4.42. The van der Waals surface area contributed by atoms with Crippen molar-refractivity contribution < 1.29 is 9.50 Å². The van der Waals surface area contributed by atoms with Crippen LogP contribution in [0.1, 0.15) is 36.3 Å². The largest absolute Gasteiger partial charge is 0.372 e. The molecule has 2 aromatic rings. The van der Waals surface area contributed by atoms with E-state index in [0.717, 1.165) is 30.7 Å². The number of aromatic nitrogens is 3. The Labute approximate surface area is 104 Å². The van der Waals surface area contributed by atoms with Crippen molar-refractivity contribution in [3.8, 4) is 0 Å². The van der Waals surface area contributed by atoms with Gasteiger partial charge in [0.15, 0.2) is 5.82 Å². The smallest absolute Gasteiger partial charge is 0.155 e. The molecule has 1 aliphatic rings. The van der Waals surface area contributed by atoms with Crippen LogP contribution in [0, 0.1) is 5.82 Å². The third-order valence-corrected chi connectivity index (χ3v) is 3.17. The predicted octanol–water partition coefficient (Wildman–Crippen LogP) is 1.84. The molecule has 18 heavy (non-hydrogen) atoms. The van der Waals surface area contributed by atoms with Crippen molar-refractivity contribution >= 4 is 0 Å². The molecule has 0 aliphatic carbocycles. The summed E-state index contributed by atoms with van der Waals surface area (Å²) in [6.07, 6.45) is 2.53. The molecular formula is C13H14FN3O. The highest BCUT2D eigenvalue weighted by atomic mass is 19.1. The van der Waals surface area contributed by atoms with E-state index in [4.69, 9.17) is 0 Å². The molecule has 94 valence electrons. The van der Waals surface area contributed by atoms with Gasteiger partial charge >= 0.3 is 0 Å². The number of benzene rings is 1. The van der Waals surface area contributed by atoms with Gasteiger partial charge in [-0.3, -0.25) is 0 Å². The van der Waals surface area contributed by atoms with Crippen molar-refractivity contribution in [2.45, 2.75) is 31.9 Å². The molecule has 4 nitrogen and oxygen atoms in total. The molecule has 2 heterocycles. The van der Waals surface area contributed by atoms with E-state index in [0.29, 0.717) is 12.2 Å². The molecule has 0 saturated heterocycles. The van der Waals surface area contributed by atoms with Crippen LogP contribution in [-0.4, -0.2) is 19.9 Å². The van der Waals surface area contributed by atoms with Gasteiger partial charge in [-0.2, -0.15) is 5.10 Å². The molecule has 5 heteroatoms. The number of nitrogens with zero attached hydrogens (tertiary/aromatic N) is 3. The van der Waals surface area contributed by atoms with Gasteiger partial charge in [-0.1, -0.05) is 12.1 Å². The summed E-state index contributed by atoms with van der Waals surface area (Å²) >= 11 is 0. The van der Waals surface area contributed by atoms with Gasteiger partial charge in [-0.15, -0.1) is 0 Å². The molecule has 0 amide bonds. The van der Waals surface area contributed by atoms with Gasteiger partial charge in [0.25, 0.3) is 0 Å². The molecule has 0 radical (unpaired) electrons. The monoisotopic (exact) mass is 247 g/mol. The molecular weight excluding hydrogens is 233 g/mol. The Morgan fingerprint density at radius 3 is 2.83 bits per heavy atom. The molecule has 0 bridgehead atoms.